The number of fused-ring (bicyclic) bond motifs is 3. The van der Waals surface area contributed by atoms with Crippen molar-refractivity contribution < 1.29 is 14.1 Å². The molecule has 4 nitrogen and oxygen atoms in total. The van der Waals surface area contributed by atoms with Gasteiger partial charge in [-0.05, 0) is 12.5 Å². The standard InChI is InChI=1S/C13H11NO3/c1-2-16-13(15)11-10-7-8-5-3-4-6-9(8)12(10)17-14-11/h3-6H,2,7H2,1H3. The molecule has 0 spiro atoms. The molecule has 0 bridgehead atoms. The van der Waals surface area contributed by atoms with Gasteiger partial charge < -0.3 is 9.26 Å². The summed E-state index contributed by atoms with van der Waals surface area (Å²) in [6.45, 7) is 2.11. The second-order valence-corrected chi connectivity index (χ2v) is 3.89. The van der Waals surface area contributed by atoms with Gasteiger partial charge in [-0.3, -0.25) is 0 Å². The van der Waals surface area contributed by atoms with Gasteiger partial charge in [0, 0.05) is 17.5 Å². The van der Waals surface area contributed by atoms with E-state index in [1.807, 2.05) is 24.3 Å². The molecule has 0 unspecified atom stereocenters. The van der Waals surface area contributed by atoms with Crippen molar-refractivity contribution >= 4 is 5.97 Å². The highest BCUT2D eigenvalue weighted by Crippen LogP contribution is 2.38. The summed E-state index contributed by atoms with van der Waals surface area (Å²) in [4.78, 5) is 11.7. The highest BCUT2D eigenvalue weighted by atomic mass is 16.5. The van der Waals surface area contributed by atoms with Gasteiger partial charge in [0.1, 0.15) is 0 Å². The molecule has 1 aromatic heterocycles. The maximum absolute atomic E-state index is 11.7. The fourth-order valence-electron chi connectivity index (χ4n) is 2.13. The Morgan fingerprint density at radius 2 is 2.29 bits per heavy atom. The van der Waals surface area contributed by atoms with E-state index in [1.54, 1.807) is 6.92 Å². The lowest BCUT2D eigenvalue weighted by Crippen LogP contribution is -2.07. The number of hydrogen-bond donors (Lipinski definition) is 0. The Kier molecular flexibility index (Phi) is 2.21. The van der Waals surface area contributed by atoms with Gasteiger partial charge >= 0.3 is 5.97 Å². The highest BCUT2D eigenvalue weighted by molar-refractivity contribution is 5.92. The van der Waals surface area contributed by atoms with Gasteiger partial charge in [-0.15, -0.1) is 0 Å². The monoisotopic (exact) mass is 229 g/mol. The summed E-state index contributed by atoms with van der Waals surface area (Å²) in [5.74, 6) is 0.286. The molecule has 0 atom stereocenters. The molecule has 86 valence electrons. The molecule has 0 N–H and O–H groups in total. The smallest absolute Gasteiger partial charge is 0.360 e. The van der Waals surface area contributed by atoms with Crippen molar-refractivity contribution in [3.63, 3.8) is 0 Å². The third-order valence-corrected chi connectivity index (χ3v) is 2.89. The van der Waals surface area contributed by atoms with E-state index in [4.69, 9.17) is 9.26 Å². The van der Waals surface area contributed by atoms with Gasteiger partial charge in [0.25, 0.3) is 0 Å². The van der Waals surface area contributed by atoms with Gasteiger partial charge in [0.2, 0.25) is 0 Å². The number of benzene rings is 1. The number of esters is 1. The van der Waals surface area contributed by atoms with Crippen molar-refractivity contribution in [2.45, 2.75) is 13.3 Å². The average Bonchev–Trinajstić information content (AvgIpc) is 2.87. The second-order valence-electron chi connectivity index (χ2n) is 3.89. The molecule has 1 heterocycles. The normalized spacial score (nSPS) is 12.1. The van der Waals surface area contributed by atoms with Crippen LogP contribution in [0.1, 0.15) is 28.5 Å². The molecule has 4 heteroatoms. The lowest BCUT2D eigenvalue weighted by Gasteiger charge is -1.98. The molecule has 1 aliphatic rings. The molecule has 0 radical (unpaired) electrons. The summed E-state index contributed by atoms with van der Waals surface area (Å²) in [5, 5.41) is 3.81. The maximum atomic E-state index is 11.7. The molecule has 0 saturated carbocycles. The van der Waals surface area contributed by atoms with Crippen LogP contribution in [-0.4, -0.2) is 17.7 Å². The largest absolute Gasteiger partial charge is 0.461 e. The van der Waals surface area contributed by atoms with Gasteiger partial charge in [0.05, 0.1) is 6.61 Å². The summed E-state index contributed by atoms with van der Waals surface area (Å²) in [6, 6.07) is 7.92. The Balaban J connectivity index is 2.05. The van der Waals surface area contributed by atoms with E-state index >= 15 is 0 Å². The third kappa shape index (κ3) is 1.45. The molecule has 2 aromatic rings. The molecule has 1 aromatic carbocycles. The van der Waals surface area contributed by atoms with Crippen LogP contribution in [0.2, 0.25) is 0 Å². The van der Waals surface area contributed by atoms with Crippen LogP contribution in [-0.2, 0) is 11.2 Å². The molecule has 0 amide bonds. The summed E-state index contributed by atoms with van der Waals surface area (Å²) in [7, 11) is 0. The molecule has 0 fully saturated rings. The predicted molar refractivity (Wildman–Crippen MR) is 60.7 cm³/mol. The van der Waals surface area contributed by atoms with E-state index in [1.165, 1.54) is 0 Å². The molecule has 3 rings (SSSR count). The Morgan fingerprint density at radius 3 is 3.12 bits per heavy atom. The van der Waals surface area contributed by atoms with Crippen molar-refractivity contribution in [2.75, 3.05) is 6.61 Å². The summed E-state index contributed by atoms with van der Waals surface area (Å²) in [6.07, 6.45) is 0.684. The lowest BCUT2D eigenvalue weighted by molar-refractivity contribution is 0.0513. The molecular formula is C13H11NO3. The van der Waals surface area contributed by atoms with Crippen molar-refractivity contribution in [3.05, 3.63) is 41.1 Å². The summed E-state index contributed by atoms with van der Waals surface area (Å²) < 4.78 is 10.2. The predicted octanol–water partition coefficient (Wildman–Crippen LogP) is 2.42. The van der Waals surface area contributed by atoms with Crippen LogP contribution in [0.3, 0.4) is 0 Å². The number of aromatic nitrogens is 1. The fraction of sp³-hybridized carbons (Fsp3) is 0.231. The van der Waals surface area contributed by atoms with Crippen LogP contribution < -0.4 is 0 Å². The zero-order chi connectivity index (χ0) is 11.8. The van der Waals surface area contributed by atoms with Crippen LogP contribution in [0, 0.1) is 0 Å². The Hall–Kier alpha value is -2.10. The fourth-order valence-corrected chi connectivity index (χ4v) is 2.13. The number of carbonyl (C=O) groups is 1. The van der Waals surface area contributed by atoms with Crippen molar-refractivity contribution in [3.8, 4) is 11.3 Å². The highest BCUT2D eigenvalue weighted by Gasteiger charge is 2.30. The minimum absolute atomic E-state index is 0.304. The van der Waals surface area contributed by atoms with E-state index in [0.717, 1.165) is 16.7 Å². The first-order valence-corrected chi connectivity index (χ1v) is 5.55. The molecule has 1 aliphatic carbocycles. The average molecular weight is 229 g/mol. The summed E-state index contributed by atoms with van der Waals surface area (Å²) in [5.41, 5.74) is 3.32. The lowest BCUT2D eigenvalue weighted by atomic mass is 10.1. The molecular weight excluding hydrogens is 218 g/mol. The van der Waals surface area contributed by atoms with E-state index in [2.05, 4.69) is 5.16 Å². The van der Waals surface area contributed by atoms with E-state index in [-0.39, 0.29) is 0 Å². The van der Waals surface area contributed by atoms with Crippen LogP contribution in [0.5, 0.6) is 0 Å². The first-order chi connectivity index (χ1) is 8.31. The molecule has 0 saturated heterocycles. The Morgan fingerprint density at radius 1 is 1.47 bits per heavy atom. The number of rotatable bonds is 2. The maximum Gasteiger partial charge on any atom is 0.360 e. The van der Waals surface area contributed by atoms with Crippen LogP contribution >= 0.6 is 0 Å². The zero-order valence-corrected chi connectivity index (χ0v) is 9.40. The van der Waals surface area contributed by atoms with Gasteiger partial charge in [-0.2, -0.15) is 0 Å². The van der Waals surface area contributed by atoms with Crippen molar-refractivity contribution in [2.24, 2.45) is 0 Å². The third-order valence-electron chi connectivity index (χ3n) is 2.89. The second kappa shape index (κ2) is 3.73. The van der Waals surface area contributed by atoms with Gasteiger partial charge in [0.15, 0.2) is 11.5 Å². The van der Waals surface area contributed by atoms with Crippen LogP contribution in [0.25, 0.3) is 11.3 Å². The topological polar surface area (TPSA) is 52.3 Å². The van der Waals surface area contributed by atoms with Crippen molar-refractivity contribution in [1.29, 1.82) is 0 Å². The summed E-state index contributed by atoms with van der Waals surface area (Å²) >= 11 is 0. The minimum Gasteiger partial charge on any atom is -0.461 e. The number of ether oxygens (including phenoxy) is 1. The Labute approximate surface area is 98.2 Å². The first kappa shape index (κ1) is 10.1. The number of carbonyl (C=O) groups excluding carboxylic acids is 1. The molecule has 0 aliphatic heterocycles. The van der Waals surface area contributed by atoms with E-state index in [0.29, 0.717) is 24.5 Å². The van der Waals surface area contributed by atoms with Crippen molar-refractivity contribution in [1.82, 2.24) is 5.16 Å². The molecule has 17 heavy (non-hydrogen) atoms. The Bertz CT molecular complexity index is 586. The van der Waals surface area contributed by atoms with Gasteiger partial charge in [-0.25, -0.2) is 4.79 Å². The van der Waals surface area contributed by atoms with E-state index in [9.17, 15) is 4.79 Å². The SMILES string of the molecule is CCOC(=O)c1noc2c1Cc1ccccc1-2. The zero-order valence-electron chi connectivity index (χ0n) is 9.40. The number of hydrogen-bond acceptors (Lipinski definition) is 4. The first-order valence-electron chi connectivity index (χ1n) is 5.55. The minimum atomic E-state index is -0.412. The quantitative estimate of drug-likeness (QED) is 0.633. The number of nitrogens with zero attached hydrogens (tertiary/aromatic N) is 1. The van der Waals surface area contributed by atoms with Crippen LogP contribution in [0.4, 0.5) is 0 Å². The van der Waals surface area contributed by atoms with E-state index < -0.39 is 5.97 Å². The van der Waals surface area contributed by atoms with Crippen LogP contribution in [0.15, 0.2) is 28.8 Å². The van der Waals surface area contributed by atoms with Gasteiger partial charge in [-0.1, -0.05) is 29.4 Å².